The molecule has 67 heavy (non-hydrogen) atoms. The molecule has 0 N–H and O–H groups in total. The smallest absolute Gasteiger partial charge is 0.0721 e. The molecular weight excluding hydrogens is 811 g/mol. The van der Waals surface area contributed by atoms with Gasteiger partial charge in [0.25, 0.3) is 0 Å². The van der Waals surface area contributed by atoms with E-state index >= 15 is 0 Å². The zero-order valence-electron chi connectivity index (χ0n) is 36.7. The number of fused-ring (bicyclic) bond motifs is 3. The largest absolute Gasteiger partial charge is 0.309 e. The van der Waals surface area contributed by atoms with Gasteiger partial charge in [0.05, 0.1) is 33.8 Å². The van der Waals surface area contributed by atoms with Crippen LogP contribution in [0.2, 0.25) is 0 Å². The summed E-state index contributed by atoms with van der Waals surface area (Å²) in [6, 6.07) is 93.0. The van der Waals surface area contributed by atoms with Crippen molar-refractivity contribution in [1.29, 1.82) is 0 Å². The Hall–Kier alpha value is -8.92. The summed E-state index contributed by atoms with van der Waals surface area (Å²) in [6.45, 7) is 0. The second kappa shape index (κ2) is 17.2. The summed E-state index contributed by atoms with van der Waals surface area (Å²) >= 11 is 0. The Morgan fingerprint density at radius 2 is 0.552 bits per heavy atom. The van der Waals surface area contributed by atoms with Crippen molar-refractivity contribution in [2.24, 2.45) is 0 Å². The first kappa shape index (κ1) is 39.7. The van der Waals surface area contributed by atoms with Crippen LogP contribution in [0.4, 0.5) is 0 Å². The molecule has 0 saturated heterocycles. The van der Waals surface area contributed by atoms with E-state index in [9.17, 15) is 0 Å². The van der Waals surface area contributed by atoms with Crippen molar-refractivity contribution in [1.82, 2.24) is 14.5 Å². The molecule has 3 heterocycles. The predicted molar refractivity (Wildman–Crippen MR) is 280 cm³/mol. The van der Waals surface area contributed by atoms with Crippen LogP contribution in [0.15, 0.2) is 261 Å². The molecule has 3 nitrogen and oxygen atoms in total. The van der Waals surface area contributed by atoms with Gasteiger partial charge in [0.2, 0.25) is 0 Å². The quantitative estimate of drug-likeness (QED) is 0.145. The second-order valence-electron chi connectivity index (χ2n) is 16.9. The van der Waals surface area contributed by atoms with Crippen LogP contribution in [0.25, 0.3) is 117 Å². The first-order valence-electron chi connectivity index (χ1n) is 22.8. The van der Waals surface area contributed by atoms with Crippen LogP contribution < -0.4 is 0 Å². The van der Waals surface area contributed by atoms with Crippen molar-refractivity contribution in [2.75, 3.05) is 0 Å². The molecule has 0 unspecified atom stereocenters. The molecule has 0 aliphatic heterocycles. The maximum atomic E-state index is 5.36. The molecule has 0 spiro atoms. The Balaban J connectivity index is 1.07. The van der Waals surface area contributed by atoms with Gasteiger partial charge in [-0.2, -0.15) is 0 Å². The number of nitrogens with zero attached hydrogens (tertiary/aromatic N) is 3. The number of hydrogen-bond donors (Lipinski definition) is 0. The molecule has 0 atom stereocenters. The van der Waals surface area contributed by atoms with Gasteiger partial charge in [-0.15, -0.1) is 0 Å². The highest BCUT2D eigenvalue weighted by Crippen LogP contribution is 2.41. The molecule has 0 saturated carbocycles. The number of para-hydroxylation sites is 1. The fourth-order valence-electron chi connectivity index (χ4n) is 9.57. The lowest BCUT2D eigenvalue weighted by Crippen LogP contribution is -1.94. The summed E-state index contributed by atoms with van der Waals surface area (Å²) in [5.74, 6) is 0. The Morgan fingerprint density at radius 1 is 0.224 bits per heavy atom. The first-order valence-corrected chi connectivity index (χ1v) is 22.8. The summed E-state index contributed by atoms with van der Waals surface area (Å²) in [5.41, 5.74) is 20.6. The molecule has 0 fully saturated rings. The summed E-state index contributed by atoms with van der Waals surface area (Å²) in [7, 11) is 0. The second-order valence-corrected chi connectivity index (χ2v) is 16.9. The standard InChI is InChI=1S/C64H43N3/c1-6-20-44(21-7-1)53-30-16-18-32-55(53)61-42-50(40-59(65-61)46-24-10-3-11-25-46)48-34-36-63-57(38-48)58-39-49(35-37-64(58)67(63)52-28-14-5-15-29-52)51-41-60(47-26-12-4-13-27-47)66-62(43-51)56-33-19-17-31-54(56)45-22-8-2-9-23-45/h1-43H. The number of pyridine rings is 2. The summed E-state index contributed by atoms with van der Waals surface area (Å²) in [5, 5.41) is 2.35. The van der Waals surface area contributed by atoms with Crippen molar-refractivity contribution < 1.29 is 0 Å². The maximum Gasteiger partial charge on any atom is 0.0721 e. The minimum atomic E-state index is 0.932. The molecule has 0 aliphatic carbocycles. The van der Waals surface area contributed by atoms with Crippen molar-refractivity contribution in [3.05, 3.63) is 261 Å². The zero-order valence-corrected chi connectivity index (χ0v) is 36.7. The lowest BCUT2D eigenvalue weighted by Gasteiger charge is -2.14. The van der Waals surface area contributed by atoms with Gasteiger partial charge in [-0.1, -0.05) is 200 Å². The average Bonchev–Trinajstić information content (AvgIpc) is 3.75. The van der Waals surface area contributed by atoms with Crippen molar-refractivity contribution >= 4 is 21.8 Å². The summed E-state index contributed by atoms with van der Waals surface area (Å²) in [6.07, 6.45) is 0. The van der Waals surface area contributed by atoms with Crippen molar-refractivity contribution in [2.45, 2.75) is 0 Å². The molecule has 3 aromatic heterocycles. The Bertz CT molecular complexity index is 3480. The topological polar surface area (TPSA) is 30.7 Å². The number of rotatable bonds is 9. The zero-order chi connectivity index (χ0) is 44.5. The Morgan fingerprint density at radius 3 is 0.955 bits per heavy atom. The van der Waals surface area contributed by atoms with Crippen molar-refractivity contribution in [3.63, 3.8) is 0 Å². The van der Waals surface area contributed by atoms with Gasteiger partial charge in [-0.05, 0) is 105 Å². The Kier molecular flexibility index (Phi) is 10.2. The lowest BCUT2D eigenvalue weighted by molar-refractivity contribution is 1.18. The van der Waals surface area contributed by atoms with E-state index < -0.39 is 0 Å². The third-order valence-electron chi connectivity index (χ3n) is 12.8. The minimum Gasteiger partial charge on any atom is -0.309 e. The molecule has 314 valence electrons. The highest BCUT2D eigenvalue weighted by molar-refractivity contribution is 6.12. The molecule has 0 bridgehead atoms. The van der Waals surface area contributed by atoms with Gasteiger partial charge in [-0.3, -0.25) is 0 Å². The molecule has 0 amide bonds. The molecule has 12 rings (SSSR count). The fraction of sp³-hybridized carbons (Fsp3) is 0. The van der Waals surface area contributed by atoms with Gasteiger partial charge >= 0.3 is 0 Å². The highest BCUT2D eigenvalue weighted by atomic mass is 15.0. The van der Waals surface area contributed by atoms with Crippen LogP contribution in [0.5, 0.6) is 0 Å². The van der Waals surface area contributed by atoms with Crippen LogP contribution >= 0.6 is 0 Å². The van der Waals surface area contributed by atoms with Gasteiger partial charge in [-0.25, -0.2) is 9.97 Å². The van der Waals surface area contributed by atoms with E-state index in [4.69, 9.17) is 9.97 Å². The fourth-order valence-corrected chi connectivity index (χ4v) is 9.57. The van der Waals surface area contributed by atoms with E-state index in [1.165, 1.54) is 10.8 Å². The molecule has 0 radical (unpaired) electrons. The third kappa shape index (κ3) is 7.59. The normalized spacial score (nSPS) is 11.3. The lowest BCUT2D eigenvalue weighted by atomic mass is 9.94. The molecule has 3 heteroatoms. The van der Waals surface area contributed by atoms with Crippen molar-refractivity contribution in [3.8, 4) is 95.2 Å². The summed E-state index contributed by atoms with van der Waals surface area (Å²) in [4.78, 5) is 10.7. The van der Waals surface area contributed by atoms with E-state index in [2.05, 4.69) is 265 Å². The monoisotopic (exact) mass is 853 g/mol. The summed E-state index contributed by atoms with van der Waals surface area (Å²) < 4.78 is 2.39. The van der Waals surface area contributed by atoms with Crippen LogP contribution in [-0.2, 0) is 0 Å². The number of benzene rings is 9. The molecule has 12 aromatic rings. The Labute approximate surface area is 390 Å². The third-order valence-corrected chi connectivity index (χ3v) is 12.8. The average molecular weight is 854 g/mol. The highest BCUT2D eigenvalue weighted by Gasteiger charge is 2.19. The van der Waals surface area contributed by atoms with Gasteiger partial charge < -0.3 is 4.57 Å². The SMILES string of the molecule is c1ccc(-c2cc(-c3ccc4c(c3)c3cc(-c5cc(-c6ccccc6)nc(-c6ccccc6-c6ccccc6)c5)ccc3n4-c3ccccc3)cc(-c3ccccc3-c3ccccc3)n2)cc1. The van der Waals surface area contributed by atoms with Gasteiger partial charge in [0, 0.05) is 38.7 Å². The van der Waals surface area contributed by atoms with Crippen LogP contribution in [0, 0.1) is 0 Å². The first-order chi connectivity index (χ1) is 33.2. The molecular formula is C64H43N3. The van der Waals surface area contributed by atoms with E-state index in [0.29, 0.717) is 0 Å². The van der Waals surface area contributed by atoms with Crippen LogP contribution in [0.3, 0.4) is 0 Å². The van der Waals surface area contributed by atoms with E-state index in [1.807, 2.05) is 0 Å². The minimum absolute atomic E-state index is 0.932. The van der Waals surface area contributed by atoms with Gasteiger partial charge in [0.15, 0.2) is 0 Å². The van der Waals surface area contributed by atoms with E-state index in [-0.39, 0.29) is 0 Å². The predicted octanol–water partition coefficient (Wildman–Crippen LogP) is 16.9. The maximum absolute atomic E-state index is 5.36. The van der Waals surface area contributed by atoms with Crippen LogP contribution in [0.1, 0.15) is 0 Å². The van der Waals surface area contributed by atoms with Gasteiger partial charge in [0.1, 0.15) is 0 Å². The number of hydrogen-bond acceptors (Lipinski definition) is 2. The van der Waals surface area contributed by atoms with E-state index in [1.54, 1.807) is 0 Å². The molecule has 9 aromatic carbocycles. The van der Waals surface area contributed by atoms with Crippen LogP contribution in [-0.4, -0.2) is 14.5 Å². The number of aromatic nitrogens is 3. The van der Waals surface area contributed by atoms with E-state index in [0.717, 1.165) is 106 Å². The molecule has 0 aliphatic rings.